The molecule has 0 bridgehead atoms. The highest BCUT2D eigenvalue weighted by Gasteiger charge is 2.26. The van der Waals surface area contributed by atoms with Crippen molar-refractivity contribution in [2.75, 3.05) is 31.1 Å². The minimum absolute atomic E-state index is 0.224. The smallest absolute Gasteiger partial charge is 0.407 e. The average Bonchev–Trinajstić information content (AvgIpc) is 2.76. The minimum atomic E-state index is -0.461. The van der Waals surface area contributed by atoms with Crippen molar-refractivity contribution in [2.45, 2.75) is 32.8 Å². The number of rotatable bonds is 8. The monoisotopic (exact) mass is 346 g/mol. The second kappa shape index (κ2) is 9.35. The van der Waals surface area contributed by atoms with Crippen LogP contribution in [0.2, 0.25) is 0 Å². The molecule has 0 saturated carbocycles. The number of likely N-dealkylation sites (tertiary alicyclic amines) is 1. The Labute approximate surface area is 141 Å². The van der Waals surface area contributed by atoms with Gasteiger partial charge in [-0.2, -0.15) is 0 Å². The van der Waals surface area contributed by atoms with Crippen molar-refractivity contribution in [2.24, 2.45) is 5.92 Å². The quantitative estimate of drug-likeness (QED) is 0.416. The maximum absolute atomic E-state index is 11.7. The van der Waals surface area contributed by atoms with Crippen molar-refractivity contribution < 1.29 is 14.3 Å². The van der Waals surface area contributed by atoms with Gasteiger partial charge in [0, 0.05) is 43.5 Å². The van der Waals surface area contributed by atoms with Crippen molar-refractivity contribution in [1.29, 1.82) is 0 Å². The Morgan fingerprint density at radius 1 is 1.45 bits per heavy atom. The third-order valence-corrected chi connectivity index (χ3v) is 5.35. The number of carbonyl (C=O) groups is 2. The van der Waals surface area contributed by atoms with Gasteiger partial charge in [-0.05, 0) is 20.8 Å². The summed E-state index contributed by atoms with van der Waals surface area (Å²) in [6.07, 6.45) is 2.08. The van der Waals surface area contributed by atoms with E-state index in [2.05, 4.69) is 11.9 Å². The maximum atomic E-state index is 11.7. The molecule has 0 aromatic carbocycles. The zero-order valence-corrected chi connectivity index (χ0v) is 15.2. The molecule has 5 nitrogen and oxygen atoms in total. The van der Waals surface area contributed by atoms with Crippen LogP contribution in [0.3, 0.4) is 0 Å². The molecule has 1 N–H and O–H groups in total. The number of nitrogens with one attached hydrogen (secondary N) is 1. The van der Waals surface area contributed by atoms with Crippen molar-refractivity contribution >= 4 is 33.6 Å². The molecule has 0 spiro atoms. The normalized spacial score (nSPS) is 18.4. The molecule has 1 atom stereocenters. The Morgan fingerprint density at radius 3 is 2.73 bits per heavy atom. The fourth-order valence-electron chi connectivity index (χ4n) is 1.95. The SMILES string of the molecule is C=CC1CC(=O)N(CCSSCCNC(=O)OC(C)(C)C)C1. The standard InChI is InChI=1S/C15H26N2O3S2/c1-5-12-10-13(18)17(11-12)7-9-22-21-8-6-16-14(19)20-15(2,3)4/h5,12H,1,6-11H2,2-4H3,(H,16,19). The summed E-state index contributed by atoms with van der Waals surface area (Å²) in [5, 5.41) is 2.72. The molecule has 1 unspecified atom stereocenters. The number of nitrogens with zero attached hydrogens (tertiary/aromatic N) is 1. The molecule has 126 valence electrons. The van der Waals surface area contributed by atoms with Gasteiger partial charge in [-0.25, -0.2) is 4.79 Å². The van der Waals surface area contributed by atoms with Crippen LogP contribution in [0.5, 0.6) is 0 Å². The molecule has 2 amide bonds. The van der Waals surface area contributed by atoms with Crippen molar-refractivity contribution in [3.8, 4) is 0 Å². The van der Waals surface area contributed by atoms with Crippen LogP contribution >= 0.6 is 21.6 Å². The van der Waals surface area contributed by atoms with Gasteiger partial charge in [0.1, 0.15) is 5.60 Å². The predicted molar refractivity (Wildman–Crippen MR) is 94.0 cm³/mol. The number of carbonyl (C=O) groups excluding carboxylic acids is 2. The molecule has 1 heterocycles. The van der Waals surface area contributed by atoms with E-state index in [0.717, 1.165) is 24.6 Å². The van der Waals surface area contributed by atoms with Gasteiger partial charge in [0.25, 0.3) is 0 Å². The van der Waals surface area contributed by atoms with Gasteiger partial charge in [-0.15, -0.1) is 6.58 Å². The molecule has 1 saturated heterocycles. The van der Waals surface area contributed by atoms with E-state index in [9.17, 15) is 9.59 Å². The van der Waals surface area contributed by atoms with E-state index < -0.39 is 5.60 Å². The van der Waals surface area contributed by atoms with E-state index in [0.29, 0.717) is 18.9 Å². The molecule has 1 aliphatic heterocycles. The van der Waals surface area contributed by atoms with Crippen LogP contribution < -0.4 is 5.32 Å². The van der Waals surface area contributed by atoms with Crippen LogP contribution in [0.4, 0.5) is 4.79 Å². The molecule has 1 aliphatic rings. The van der Waals surface area contributed by atoms with Gasteiger partial charge in [0.15, 0.2) is 0 Å². The minimum Gasteiger partial charge on any atom is -0.444 e. The zero-order chi connectivity index (χ0) is 16.6. The number of hydrogen-bond donors (Lipinski definition) is 1. The second-order valence-corrected chi connectivity index (χ2v) is 8.81. The summed E-state index contributed by atoms with van der Waals surface area (Å²) >= 11 is 0. The Morgan fingerprint density at radius 2 is 2.14 bits per heavy atom. The molecular formula is C15H26N2O3S2. The topological polar surface area (TPSA) is 58.6 Å². The molecular weight excluding hydrogens is 320 g/mol. The second-order valence-electron chi connectivity index (χ2n) is 6.11. The number of alkyl carbamates (subject to hydrolysis) is 1. The van der Waals surface area contributed by atoms with Gasteiger partial charge in [-0.1, -0.05) is 27.7 Å². The highest BCUT2D eigenvalue weighted by atomic mass is 33.1. The fourth-order valence-corrected chi connectivity index (χ4v) is 3.85. The first-order valence-corrected chi connectivity index (χ1v) is 9.92. The van der Waals surface area contributed by atoms with Crippen LogP contribution in [-0.2, 0) is 9.53 Å². The first-order valence-electron chi connectivity index (χ1n) is 7.43. The Kier molecular flexibility index (Phi) is 8.17. The van der Waals surface area contributed by atoms with Gasteiger partial charge in [-0.3, -0.25) is 4.79 Å². The largest absolute Gasteiger partial charge is 0.444 e. The first-order chi connectivity index (χ1) is 10.3. The van der Waals surface area contributed by atoms with Crippen LogP contribution in [0.25, 0.3) is 0 Å². The van der Waals surface area contributed by atoms with E-state index in [1.165, 1.54) is 0 Å². The van der Waals surface area contributed by atoms with Gasteiger partial charge >= 0.3 is 6.09 Å². The third-order valence-electron chi connectivity index (χ3n) is 2.96. The van der Waals surface area contributed by atoms with Gasteiger partial charge in [0.2, 0.25) is 5.91 Å². The molecule has 1 rings (SSSR count). The lowest BCUT2D eigenvalue weighted by Gasteiger charge is -2.19. The van der Waals surface area contributed by atoms with Crippen LogP contribution in [0.15, 0.2) is 12.7 Å². The summed E-state index contributed by atoms with van der Waals surface area (Å²) in [4.78, 5) is 25.0. The lowest BCUT2D eigenvalue weighted by Crippen LogP contribution is -2.33. The van der Waals surface area contributed by atoms with Crippen molar-refractivity contribution in [3.05, 3.63) is 12.7 Å². The zero-order valence-electron chi connectivity index (χ0n) is 13.6. The summed E-state index contributed by atoms with van der Waals surface area (Å²) in [7, 11) is 3.41. The van der Waals surface area contributed by atoms with E-state index in [1.807, 2.05) is 31.7 Å². The highest BCUT2D eigenvalue weighted by Crippen LogP contribution is 2.23. The Balaban J connectivity index is 1.99. The van der Waals surface area contributed by atoms with Gasteiger partial charge in [0.05, 0.1) is 0 Å². The molecule has 0 radical (unpaired) electrons. The van der Waals surface area contributed by atoms with Crippen molar-refractivity contribution in [3.63, 3.8) is 0 Å². The van der Waals surface area contributed by atoms with Crippen LogP contribution in [-0.4, -0.2) is 53.6 Å². The van der Waals surface area contributed by atoms with E-state index in [1.54, 1.807) is 21.6 Å². The van der Waals surface area contributed by atoms with E-state index in [4.69, 9.17) is 4.74 Å². The average molecular weight is 347 g/mol. The maximum Gasteiger partial charge on any atom is 0.407 e. The van der Waals surface area contributed by atoms with Crippen LogP contribution in [0, 0.1) is 5.92 Å². The van der Waals surface area contributed by atoms with E-state index in [-0.39, 0.29) is 12.0 Å². The highest BCUT2D eigenvalue weighted by molar-refractivity contribution is 8.76. The summed E-state index contributed by atoms with van der Waals surface area (Å²) in [5.74, 6) is 2.24. The third kappa shape index (κ3) is 7.98. The molecule has 7 heteroatoms. The molecule has 0 aliphatic carbocycles. The lowest BCUT2D eigenvalue weighted by atomic mass is 10.1. The Bertz CT molecular complexity index is 397. The fraction of sp³-hybridized carbons (Fsp3) is 0.733. The molecule has 0 aromatic rings. The number of amides is 2. The van der Waals surface area contributed by atoms with Crippen LogP contribution in [0.1, 0.15) is 27.2 Å². The van der Waals surface area contributed by atoms with E-state index >= 15 is 0 Å². The predicted octanol–water partition coefficient (Wildman–Crippen LogP) is 2.93. The molecule has 22 heavy (non-hydrogen) atoms. The van der Waals surface area contributed by atoms with Crippen molar-refractivity contribution in [1.82, 2.24) is 10.2 Å². The Hall–Kier alpha value is -0.820. The number of ether oxygens (including phenoxy) is 1. The summed E-state index contributed by atoms with van der Waals surface area (Å²) in [6.45, 7) is 11.4. The summed E-state index contributed by atoms with van der Waals surface area (Å²) in [6, 6.07) is 0. The lowest BCUT2D eigenvalue weighted by molar-refractivity contribution is -0.127. The number of hydrogen-bond acceptors (Lipinski definition) is 5. The first kappa shape index (κ1) is 19.2. The summed E-state index contributed by atoms with van der Waals surface area (Å²) < 4.78 is 5.15. The van der Waals surface area contributed by atoms with Gasteiger partial charge < -0.3 is 15.0 Å². The summed E-state index contributed by atoms with van der Waals surface area (Å²) in [5.41, 5.74) is -0.461. The molecule has 1 fully saturated rings. The molecule has 0 aromatic heterocycles.